The van der Waals surface area contributed by atoms with Crippen molar-refractivity contribution in [2.75, 3.05) is 13.1 Å². The van der Waals surface area contributed by atoms with Gasteiger partial charge in [-0.2, -0.15) is 0 Å². The summed E-state index contributed by atoms with van der Waals surface area (Å²) in [6.45, 7) is 7.22. The third-order valence-corrected chi connectivity index (χ3v) is 4.41. The first-order valence-electron chi connectivity index (χ1n) is 10.5. The van der Waals surface area contributed by atoms with E-state index in [1.54, 1.807) is 6.20 Å². The molecule has 0 aliphatic carbocycles. The second kappa shape index (κ2) is 11.2. The van der Waals surface area contributed by atoms with E-state index >= 15 is 0 Å². The first-order valence-corrected chi connectivity index (χ1v) is 10.5. The zero-order valence-electron chi connectivity index (χ0n) is 18.2. The van der Waals surface area contributed by atoms with Gasteiger partial charge in [0.15, 0.2) is 11.7 Å². The molecule has 3 aromatic rings. The highest BCUT2D eigenvalue weighted by Gasteiger charge is 2.11. The molecule has 3 N–H and O–H groups in total. The van der Waals surface area contributed by atoms with E-state index in [2.05, 4.69) is 20.6 Å². The molecule has 31 heavy (non-hydrogen) atoms. The van der Waals surface area contributed by atoms with Gasteiger partial charge in [-0.25, -0.2) is 9.98 Å². The molecule has 1 aromatic heterocycles. The lowest BCUT2D eigenvalue weighted by Gasteiger charge is -2.17. The van der Waals surface area contributed by atoms with E-state index in [1.165, 1.54) is 0 Å². The van der Waals surface area contributed by atoms with Crippen LogP contribution in [0.1, 0.15) is 38.3 Å². The van der Waals surface area contributed by atoms with Crippen LogP contribution in [0.25, 0.3) is 11.3 Å². The Balaban J connectivity index is 1.59. The van der Waals surface area contributed by atoms with Crippen LogP contribution in [0.4, 0.5) is 0 Å². The Morgan fingerprint density at radius 3 is 2.68 bits per heavy atom. The van der Waals surface area contributed by atoms with Gasteiger partial charge >= 0.3 is 0 Å². The number of benzene rings is 2. The highest BCUT2D eigenvalue weighted by atomic mass is 16.5. The minimum absolute atomic E-state index is 0.0793. The molecule has 0 bridgehead atoms. The van der Waals surface area contributed by atoms with Gasteiger partial charge in [0.1, 0.15) is 12.3 Å². The lowest BCUT2D eigenvalue weighted by molar-refractivity contribution is 0.179. The fraction of sp³-hybridized carbons (Fsp3) is 0.333. The number of oxazole rings is 1. The lowest BCUT2D eigenvalue weighted by Crippen LogP contribution is -2.39. The SMILES string of the molecule is CCNC(=NCc1ncc(-c2ccccc2)o1)NCC(O)c1cccc(OC(C)C)c1. The first-order chi connectivity index (χ1) is 15.0. The molecule has 1 unspecified atom stereocenters. The highest BCUT2D eigenvalue weighted by Crippen LogP contribution is 2.21. The fourth-order valence-corrected chi connectivity index (χ4v) is 2.99. The third kappa shape index (κ3) is 6.86. The molecule has 0 saturated carbocycles. The maximum Gasteiger partial charge on any atom is 0.216 e. The minimum atomic E-state index is -0.703. The van der Waals surface area contributed by atoms with Gasteiger partial charge in [0, 0.05) is 18.7 Å². The monoisotopic (exact) mass is 422 g/mol. The maximum atomic E-state index is 10.6. The maximum absolute atomic E-state index is 10.6. The molecule has 0 aliphatic rings. The average Bonchev–Trinajstić information content (AvgIpc) is 3.25. The van der Waals surface area contributed by atoms with Crippen molar-refractivity contribution in [3.8, 4) is 17.1 Å². The van der Waals surface area contributed by atoms with Crippen molar-refractivity contribution in [1.82, 2.24) is 15.6 Å². The van der Waals surface area contributed by atoms with E-state index in [9.17, 15) is 5.11 Å². The van der Waals surface area contributed by atoms with Crippen molar-refractivity contribution < 1.29 is 14.3 Å². The van der Waals surface area contributed by atoms with Crippen molar-refractivity contribution in [3.63, 3.8) is 0 Å². The number of hydrogen-bond donors (Lipinski definition) is 3. The summed E-state index contributed by atoms with van der Waals surface area (Å²) >= 11 is 0. The van der Waals surface area contributed by atoms with Crippen molar-refractivity contribution >= 4 is 5.96 Å². The summed E-state index contributed by atoms with van der Waals surface area (Å²) in [7, 11) is 0. The molecule has 164 valence electrons. The predicted octanol–water partition coefficient (Wildman–Crippen LogP) is 3.92. The Morgan fingerprint density at radius 2 is 1.94 bits per heavy atom. The summed E-state index contributed by atoms with van der Waals surface area (Å²) < 4.78 is 11.5. The Labute approximate surface area is 183 Å². The van der Waals surface area contributed by atoms with Gasteiger partial charge in [-0.15, -0.1) is 0 Å². The standard InChI is InChI=1S/C24H30N4O3/c1-4-25-24(27-14-21(29)19-11-8-12-20(13-19)30-17(2)3)28-16-23-26-15-22(31-23)18-9-6-5-7-10-18/h5-13,15,17,21,29H,4,14,16H2,1-3H3,(H2,25,27,28). The van der Waals surface area contributed by atoms with E-state index in [0.717, 1.165) is 16.9 Å². The van der Waals surface area contributed by atoms with Crippen molar-refractivity contribution in [1.29, 1.82) is 0 Å². The minimum Gasteiger partial charge on any atom is -0.491 e. The van der Waals surface area contributed by atoms with Crippen LogP contribution in [0.2, 0.25) is 0 Å². The highest BCUT2D eigenvalue weighted by molar-refractivity contribution is 5.79. The predicted molar refractivity (Wildman–Crippen MR) is 122 cm³/mol. The summed E-state index contributed by atoms with van der Waals surface area (Å²) in [5, 5.41) is 16.9. The van der Waals surface area contributed by atoms with E-state index in [4.69, 9.17) is 9.15 Å². The van der Waals surface area contributed by atoms with Crippen molar-refractivity contribution in [2.45, 2.75) is 39.5 Å². The number of aliphatic hydroxyl groups excluding tert-OH is 1. The van der Waals surface area contributed by atoms with Crippen LogP contribution in [0.15, 0.2) is 70.2 Å². The number of rotatable bonds is 9. The molecular weight excluding hydrogens is 392 g/mol. The molecule has 0 radical (unpaired) electrons. The van der Waals surface area contributed by atoms with Crippen LogP contribution in [0.5, 0.6) is 5.75 Å². The Morgan fingerprint density at radius 1 is 1.13 bits per heavy atom. The third-order valence-electron chi connectivity index (χ3n) is 4.41. The quantitative estimate of drug-likeness (QED) is 0.358. The first kappa shape index (κ1) is 22.4. The van der Waals surface area contributed by atoms with E-state index in [0.29, 0.717) is 30.7 Å². The van der Waals surface area contributed by atoms with E-state index < -0.39 is 6.10 Å². The Hall–Kier alpha value is -3.32. The van der Waals surface area contributed by atoms with Crippen LogP contribution in [-0.2, 0) is 6.54 Å². The summed E-state index contributed by atoms with van der Waals surface area (Å²) in [4.78, 5) is 8.82. The number of aliphatic imine (C=N–C) groups is 1. The number of ether oxygens (including phenoxy) is 1. The molecule has 1 heterocycles. The number of aliphatic hydroxyl groups is 1. The zero-order valence-corrected chi connectivity index (χ0v) is 18.2. The number of guanidine groups is 1. The molecule has 0 aliphatic heterocycles. The normalized spacial score (nSPS) is 12.6. The van der Waals surface area contributed by atoms with Gasteiger partial charge in [0.2, 0.25) is 5.89 Å². The number of aromatic nitrogens is 1. The number of nitrogens with one attached hydrogen (secondary N) is 2. The molecule has 7 nitrogen and oxygen atoms in total. The van der Waals surface area contributed by atoms with Gasteiger partial charge < -0.3 is 24.9 Å². The molecule has 0 fully saturated rings. The second-order valence-electron chi connectivity index (χ2n) is 7.32. The van der Waals surface area contributed by atoms with Crippen molar-refractivity contribution in [3.05, 3.63) is 72.2 Å². The lowest BCUT2D eigenvalue weighted by atomic mass is 10.1. The fourth-order valence-electron chi connectivity index (χ4n) is 2.99. The molecule has 0 amide bonds. The topological polar surface area (TPSA) is 91.9 Å². The average molecular weight is 423 g/mol. The van der Waals surface area contributed by atoms with Gasteiger partial charge in [-0.05, 0) is 38.5 Å². The van der Waals surface area contributed by atoms with E-state index in [1.807, 2.05) is 75.4 Å². The van der Waals surface area contributed by atoms with Gasteiger partial charge in [-0.1, -0.05) is 42.5 Å². The summed E-state index contributed by atoms with van der Waals surface area (Å²) in [5.74, 6) is 2.55. The van der Waals surface area contributed by atoms with Gasteiger partial charge in [0.25, 0.3) is 0 Å². The van der Waals surface area contributed by atoms with Gasteiger partial charge in [0.05, 0.1) is 18.4 Å². The molecule has 3 rings (SSSR count). The zero-order chi connectivity index (χ0) is 22.1. The summed E-state index contributed by atoms with van der Waals surface area (Å²) in [5.41, 5.74) is 1.75. The van der Waals surface area contributed by atoms with Crippen LogP contribution < -0.4 is 15.4 Å². The molecule has 0 saturated heterocycles. The number of hydrogen-bond acceptors (Lipinski definition) is 5. The van der Waals surface area contributed by atoms with Crippen LogP contribution in [-0.4, -0.2) is 35.2 Å². The van der Waals surface area contributed by atoms with Crippen molar-refractivity contribution in [2.24, 2.45) is 4.99 Å². The van der Waals surface area contributed by atoms with E-state index in [-0.39, 0.29) is 12.6 Å². The van der Waals surface area contributed by atoms with Crippen LogP contribution in [0, 0.1) is 0 Å². The molecule has 1 atom stereocenters. The smallest absolute Gasteiger partial charge is 0.216 e. The largest absolute Gasteiger partial charge is 0.491 e. The Bertz CT molecular complexity index is 970. The second-order valence-corrected chi connectivity index (χ2v) is 7.32. The molecule has 0 spiro atoms. The molecule has 7 heteroatoms. The molecule has 2 aromatic carbocycles. The van der Waals surface area contributed by atoms with Crippen LogP contribution >= 0.6 is 0 Å². The van der Waals surface area contributed by atoms with Gasteiger partial charge in [-0.3, -0.25) is 0 Å². The summed E-state index contributed by atoms with van der Waals surface area (Å²) in [6, 6.07) is 17.3. The summed E-state index contributed by atoms with van der Waals surface area (Å²) in [6.07, 6.45) is 1.08. The van der Waals surface area contributed by atoms with Crippen LogP contribution in [0.3, 0.4) is 0 Å². The number of nitrogens with zero attached hydrogens (tertiary/aromatic N) is 2. The Kier molecular flexibility index (Phi) is 8.06. The molecular formula is C24H30N4O3.